The van der Waals surface area contributed by atoms with Crippen LogP contribution in [0.25, 0.3) is 0 Å². The summed E-state index contributed by atoms with van der Waals surface area (Å²) >= 11 is 1.54. The fraction of sp³-hybridized carbons (Fsp3) is 0.357. The molecule has 3 nitrogen and oxygen atoms in total. The largest absolute Gasteiger partial charge is 0.395 e. The van der Waals surface area contributed by atoms with Gasteiger partial charge in [0.25, 0.3) is 0 Å². The van der Waals surface area contributed by atoms with Crippen LogP contribution in [0.2, 0.25) is 0 Å². The second-order valence-corrected chi connectivity index (χ2v) is 5.95. The molecule has 0 aliphatic carbocycles. The van der Waals surface area contributed by atoms with E-state index in [2.05, 4.69) is 4.98 Å². The van der Waals surface area contributed by atoms with E-state index in [1.807, 2.05) is 6.92 Å². The van der Waals surface area contributed by atoms with Crippen LogP contribution >= 0.6 is 11.3 Å². The van der Waals surface area contributed by atoms with Crippen LogP contribution in [-0.4, -0.2) is 28.4 Å². The predicted molar refractivity (Wildman–Crippen MR) is 72.8 cm³/mol. The molecular formula is C14H16FNO2S. The van der Waals surface area contributed by atoms with Crippen LogP contribution in [-0.2, 0) is 11.8 Å². The first-order valence-corrected chi connectivity index (χ1v) is 6.80. The number of nitrogens with zero attached hydrogens (tertiary/aromatic N) is 1. The minimum Gasteiger partial charge on any atom is -0.395 e. The van der Waals surface area contributed by atoms with Crippen molar-refractivity contribution in [2.45, 2.75) is 18.8 Å². The third-order valence-electron chi connectivity index (χ3n) is 3.24. The third-order valence-corrected chi connectivity index (χ3v) is 4.16. The molecule has 2 N–H and O–H groups in total. The molecule has 102 valence electrons. The molecule has 1 aromatic heterocycles. The zero-order chi connectivity index (χ0) is 13.9. The van der Waals surface area contributed by atoms with Gasteiger partial charge >= 0.3 is 0 Å². The maximum absolute atomic E-state index is 13.0. The molecule has 0 unspecified atom stereocenters. The maximum Gasteiger partial charge on any atom is 0.123 e. The van der Waals surface area contributed by atoms with Gasteiger partial charge < -0.3 is 10.2 Å². The summed E-state index contributed by atoms with van der Waals surface area (Å²) in [5.74, 6) is -0.331. The average Bonchev–Trinajstić information content (AvgIpc) is 2.82. The molecule has 19 heavy (non-hydrogen) atoms. The molecule has 0 saturated carbocycles. The lowest BCUT2D eigenvalue weighted by molar-refractivity contribution is 0.116. The van der Waals surface area contributed by atoms with Gasteiger partial charge in [0.15, 0.2) is 0 Å². The Morgan fingerprint density at radius 3 is 2.32 bits per heavy atom. The summed E-state index contributed by atoms with van der Waals surface area (Å²) in [4.78, 5) is 5.16. The van der Waals surface area contributed by atoms with Gasteiger partial charge in [-0.05, 0) is 31.0 Å². The van der Waals surface area contributed by atoms with Crippen molar-refractivity contribution in [3.8, 4) is 0 Å². The number of hydrogen-bond donors (Lipinski definition) is 2. The fourth-order valence-electron chi connectivity index (χ4n) is 2.07. The van der Waals surface area contributed by atoms with Crippen LogP contribution in [0.4, 0.5) is 4.39 Å². The van der Waals surface area contributed by atoms with Crippen molar-refractivity contribution in [3.63, 3.8) is 0 Å². The molecule has 0 atom stereocenters. The summed E-state index contributed by atoms with van der Waals surface area (Å²) in [6, 6.07) is 5.89. The number of aliphatic hydroxyl groups is 2. The lowest BCUT2D eigenvalue weighted by atomic mass is 9.78. The van der Waals surface area contributed by atoms with Crippen molar-refractivity contribution in [2.24, 2.45) is 0 Å². The molecule has 5 heteroatoms. The van der Waals surface area contributed by atoms with E-state index in [0.29, 0.717) is 6.42 Å². The zero-order valence-corrected chi connectivity index (χ0v) is 11.5. The second-order valence-electron chi connectivity index (χ2n) is 4.63. The molecule has 0 amide bonds. The van der Waals surface area contributed by atoms with Crippen molar-refractivity contribution in [2.75, 3.05) is 13.2 Å². The van der Waals surface area contributed by atoms with Crippen molar-refractivity contribution >= 4 is 11.3 Å². The van der Waals surface area contributed by atoms with E-state index in [-0.39, 0.29) is 19.0 Å². The Balaban J connectivity index is 2.33. The summed E-state index contributed by atoms with van der Waals surface area (Å²) in [5.41, 5.74) is -0.0721. The smallest absolute Gasteiger partial charge is 0.123 e. The van der Waals surface area contributed by atoms with E-state index < -0.39 is 5.41 Å². The van der Waals surface area contributed by atoms with E-state index in [1.54, 1.807) is 18.3 Å². The molecular weight excluding hydrogens is 265 g/mol. The minimum absolute atomic E-state index is 0.202. The Morgan fingerprint density at radius 2 is 1.84 bits per heavy atom. The molecule has 1 heterocycles. The monoisotopic (exact) mass is 281 g/mol. The lowest BCUT2D eigenvalue weighted by Crippen LogP contribution is -2.37. The number of hydrogen-bond acceptors (Lipinski definition) is 4. The van der Waals surface area contributed by atoms with Crippen molar-refractivity contribution < 1.29 is 14.6 Å². The van der Waals surface area contributed by atoms with Crippen LogP contribution in [0.1, 0.15) is 15.4 Å². The van der Waals surface area contributed by atoms with E-state index >= 15 is 0 Å². The molecule has 2 rings (SSSR count). The van der Waals surface area contributed by atoms with Crippen LogP contribution < -0.4 is 0 Å². The Kier molecular flexibility index (Phi) is 4.29. The molecule has 2 aromatic rings. The van der Waals surface area contributed by atoms with Crippen molar-refractivity contribution in [3.05, 3.63) is 51.7 Å². The number of aromatic nitrogens is 1. The van der Waals surface area contributed by atoms with Gasteiger partial charge in [-0.1, -0.05) is 12.1 Å². The number of thiazole rings is 1. The Hall–Kier alpha value is -1.30. The van der Waals surface area contributed by atoms with Gasteiger partial charge in [-0.3, -0.25) is 0 Å². The average molecular weight is 281 g/mol. The highest BCUT2D eigenvalue weighted by molar-refractivity contribution is 7.11. The SMILES string of the molecule is Cc1ncc(CC(CO)(CO)c2ccc(F)cc2)s1. The van der Waals surface area contributed by atoms with E-state index in [1.165, 1.54) is 23.5 Å². The molecule has 0 saturated heterocycles. The van der Waals surface area contributed by atoms with Gasteiger partial charge in [0, 0.05) is 16.5 Å². The van der Waals surface area contributed by atoms with Crippen LogP contribution in [0.15, 0.2) is 30.5 Å². The first kappa shape index (κ1) is 14.1. The van der Waals surface area contributed by atoms with Gasteiger partial charge in [-0.25, -0.2) is 9.37 Å². The highest BCUT2D eigenvalue weighted by Gasteiger charge is 2.32. The number of aliphatic hydroxyl groups excluding tert-OH is 2. The summed E-state index contributed by atoms with van der Waals surface area (Å²) < 4.78 is 13.0. The zero-order valence-electron chi connectivity index (χ0n) is 10.6. The Bertz CT molecular complexity index is 535. The van der Waals surface area contributed by atoms with Gasteiger partial charge in [-0.2, -0.15) is 0 Å². The van der Waals surface area contributed by atoms with Gasteiger partial charge in [0.1, 0.15) is 5.82 Å². The van der Waals surface area contributed by atoms with E-state index in [9.17, 15) is 14.6 Å². The fourth-order valence-corrected chi connectivity index (χ4v) is 3.01. The molecule has 0 radical (unpaired) electrons. The first-order valence-electron chi connectivity index (χ1n) is 5.99. The van der Waals surface area contributed by atoms with Crippen LogP contribution in [0.5, 0.6) is 0 Å². The first-order chi connectivity index (χ1) is 9.09. The summed E-state index contributed by atoms with van der Waals surface area (Å²) in [7, 11) is 0. The third kappa shape index (κ3) is 3.00. The summed E-state index contributed by atoms with van der Waals surface area (Å²) in [6.45, 7) is 1.50. The highest BCUT2D eigenvalue weighted by Crippen LogP contribution is 2.30. The summed E-state index contributed by atoms with van der Waals surface area (Å²) in [5, 5.41) is 20.3. The maximum atomic E-state index is 13.0. The van der Waals surface area contributed by atoms with Crippen LogP contribution in [0, 0.1) is 12.7 Å². The Labute approximate surface area is 115 Å². The van der Waals surface area contributed by atoms with Gasteiger partial charge in [0.05, 0.1) is 18.2 Å². The van der Waals surface area contributed by atoms with Gasteiger partial charge in [-0.15, -0.1) is 11.3 Å². The van der Waals surface area contributed by atoms with Crippen LogP contribution in [0.3, 0.4) is 0 Å². The van der Waals surface area contributed by atoms with Crippen molar-refractivity contribution in [1.82, 2.24) is 4.98 Å². The topological polar surface area (TPSA) is 53.4 Å². The molecule has 0 aliphatic heterocycles. The molecule has 0 bridgehead atoms. The Morgan fingerprint density at radius 1 is 1.21 bits per heavy atom. The molecule has 0 spiro atoms. The second kappa shape index (κ2) is 5.77. The lowest BCUT2D eigenvalue weighted by Gasteiger charge is -2.29. The normalized spacial score (nSPS) is 11.8. The highest BCUT2D eigenvalue weighted by atomic mass is 32.1. The number of benzene rings is 1. The van der Waals surface area contributed by atoms with E-state index in [0.717, 1.165) is 15.4 Å². The number of halogens is 1. The quantitative estimate of drug-likeness (QED) is 0.882. The van der Waals surface area contributed by atoms with E-state index in [4.69, 9.17) is 0 Å². The molecule has 0 fully saturated rings. The summed E-state index contributed by atoms with van der Waals surface area (Å²) in [6.07, 6.45) is 2.24. The van der Waals surface area contributed by atoms with Gasteiger partial charge in [0.2, 0.25) is 0 Å². The number of aryl methyl sites for hydroxylation is 1. The molecule has 1 aromatic carbocycles. The molecule has 0 aliphatic rings. The number of rotatable bonds is 5. The van der Waals surface area contributed by atoms with Crippen molar-refractivity contribution in [1.29, 1.82) is 0 Å². The predicted octanol–water partition coefficient (Wildman–Crippen LogP) is 2.06. The standard InChI is InChI=1S/C14H16FNO2S/c1-10-16-7-13(19-10)6-14(8-17,9-18)11-2-4-12(15)5-3-11/h2-5,7,17-18H,6,8-9H2,1H3. The minimum atomic E-state index is -0.799.